The lowest BCUT2D eigenvalue weighted by Gasteiger charge is -2.11. The van der Waals surface area contributed by atoms with Gasteiger partial charge < -0.3 is 4.90 Å². The third-order valence-electron chi connectivity index (χ3n) is 3.71. The molecule has 0 unspecified atom stereocenters. The molecule has 0 bridgehead atoms. The fourth-order valence-corrected chi connectivity index (χ4v) is 2.97. The molecule has 122 valence electrons. The minimum atomic E-state index is 0.146. The molecule has 0 fully saturated rings. The van der Waals surface area contributed by atoms with Gasteiger partial charge in [0.1, 0.15) is 6.54 Å². The van der Waals surface area contributed by atoms with Gasteiger partial charge in [-0.2, -0.15) is 4.91 Å². The normalized spacial score (nSPS) is 11.1. The van der Waals surface area contributed by atoms with Crippen LogP contribution in [0.15, 0.2) is 27.7 Å². The molecule has 1 heterocycles. The van der Waals surface area contributed by atoms with Crippen molar-refractivity contribution in [3.8, 4) is 0 Å². The first kappa shape index (κ1) is 17.3. The SMILES string of the molecule is CCN(C)C=Nc1cc(C)c(Cc2nc(CN=O)cs2)cc1C. The largest absolute Gasteiger partial charge is 0.366 e. The second kappa shape index (κ2) is 7.97. The highest BCUT2D eigenvalue weighted by Gasteiger charge is 2.08. The lowest BCUT2D eigenvalue weighted by molar-refractivity contribution is 0.552. The molecule has 5 nitrogen and oxygen atoms in total. The molecule has 0 saturated carbocycles. The molecule has 0 amide bonds. The Hall–Kier alpha value is -2.08. The molecule has 1 aromatic carbocycles. The van der Waals surface area contributed by atoms with Gasteiger partial charge in [-0.15, -0.1) is 11.3 Å². The number of nitroso groups, excluding NO2 is 1. The van der Waals surface area contributed by atoms with Crippen molar-refractivity contribution >= 4 is 23.4 Å². The fraction of sp³-hybridized carbons (Fsp3) is 0.412. The minimum Gasteiger partial charge on any atom is -0.366 e. The Morgan fingerprint density at radius 1 is 1.30 bits per heavy atom. The molecule has 0 radical (unpaired) electrons. The Morgan fingerprint density at radius 3 is 2.78 bits per heavy atom. The van der Waals surface area contributed by atoms with E-state index in [2.05, 4.69) is 48.1 Å². The number of hydrogen-bond acceptors (Lipinski definition) is 5. The number of aryl methyl sites for hydroxylation is 2. The number of aliphatic imine (C=N–C) groups is 1. The monoisotopic (exact) mass is 330 g/mol. The summed E-state index contributed by atoms with van der Waals surface area (Å²) >= 11 is 1.57. The van der Waals surface area contributed by atoms with Gasteiger partial charge in [-0.1, -0.05) is 11.2 Å². The Labute approximate surface area is 141 Å². The van der Waals surface area contributed by atoms with Crippen LogP contribution in [0.4, 0.5) is 5.69 Å². The molecule has 0 aliphatic heterocycles. The van der Waals surface area contributed by atoms with Crippen LogP contribution < -0.4 is 0 Å². The summed E-state index contributed by atoms with van der Waals surface area (Å²) in [5.41, 5.74) is 5.34. The number of benzene rings is 1. The van der Waals surface area contributed by atoms with Crippen LogP contribution in [0.1, 0.15) is 34.3 Å². The van der Waals surface area contributed by atoms with Crippen molar-refractivity contribution in [1.29, 1.82) is 0 Å². The van der Waals surface area contributed by atoms with Crippen LogP contribution in [0.2, 0.25) is 0 Å². The number of thiazole rings is 1. The predicted molar refractivity (Wildman–Crippen MR) is 96.8 cm³/mol. The standard InChI is InChI=1S/C17H22N4OS/c1-5-21(4)11-18-16-7-12(2)14(6-13(16)3)8-17-20-15(9-19-22)10-23-17/h6-7,10-11H,5,8-9H2,1-4H3. The van der Waals surface area contributed by atoms with Crippen LogP contribution in [0.5, 0.6) is 0 Å². The van der Waals surface area contributed by atoms with Crippen molar-refractivity contribution in [3.05, 3.63) is 49.8 Å². The smallest absolute Gasteiger partial charge is 0.124 e. The highest BCUT2D eigenvalue weighted by molar-refractivity contribution is 7.09. The van der Waals surface area contributed by atoms with Gasteiger partial charge in [-0.05, 0) is 43.5 Å². The quantitative estimate of drug-likeness (QED) is 0.434. The van der Waals surface area contributed by atoms with Crippen molar-refractivity contribution < 1.29 is 0 Å². The van der Waals surface area contributed by atoms with Crippen LogP contribution in [0.25, 0.3) is 0 Å². The molecule has 6 heteroatoms. The molecule has 1 aromatic heterocycles. The van der Waals surface area contributed by atoms with E-state index < -0.39 is 0 Å². The van der Waals surface area contributed by atoms with Crippen molar-refractivity contribution in [2.24, 2.45) is 10.2 Å². The van der Waals surface area contributed by atoms with E-state index in [9.17, 15) is 4.91 Å². The first-order valence-electron chi connectivity index (χ1n) is 7.60. The zero-order valence-corrected chi connectivity index (χ0v) is 14.9. The summed E-state index contributed by atoms with van der Waals surface area (Å²) in [6.45, 7) is 7.34. The van der Waals surface area contributed by atoms with Crippen LogP contribution >= 0.6 is 11.3 Å². The highest BCUT2D eigenvalue weighted by Crippen LogP contribution is 2.25. The summed E-state index contributed by atoms with van der Waals surface area (Å²) in [6.07, 6.45) is 2.63. The zero-order valence-electron chi connectivity index (χ0n) is 14.0. The van der Waals surface area contributed by atoms with Gasteiger partial charge in [-0.25, -0.2) is 9.98 Å². The van der Waals surface area contributed by atoms with E-state index >= 15 is 0 Å². The number of hydrogen-bond donors (Lipinski definition) is 0. The summed E-state index contributed by atoms with van der Waals surface area (Å²) in [5.74, 6) is 0. The molecular formula is C17H22N4OS. The summed E-state index contributed by atoms with van der Waals surface area (Å²) in [5, 5.41) is 5.79. The maximum Gasteiger partial charge on any atom is 0.124 e. The van der Waals surface area contributed by atoms with Crippen LogP contribution in [0, 0.1) is 18.8 Å². The average molecular weight is 330 g/mol. The molecule has 23 heavy (non-hydrogen) atoms. The number of rotatable bonds is 7. The molecule has 0 saturated heterocycles. The first-order chi connectivity index (χ1) is 11.0. The zero-order chi connectivity index (χ0) is 16.8. The van der Waals surface area contributed by atoms with Crippen LogP contribution in [0.3, 0.4) is 0 Å². The Kier molecular flexibility index (Phi) is 5.98. The number of nitrogens with zero attached hydrogens (tertiary/aromatic N) is 4. The topological polar surface area (TPSA) is 57.9 Å². The lowest BCUT2D eigenvalue weighted by atomic mass is 10.0. The Morgan fingerprint density at radius 2 is 2.09 bits per heavy atom. The van der Waals surface area contributed by atoms with E-state index in [1.54, 1.807) is 11.3 Å². The summed E-state index contributed by atoms with van der Waals surface area (Å²) in [6, 6.07) is 4.29. The molecule has 0 atom stereocenters. The average Bonchev–Trinajstić information content (AvgIpc) is 2.96. The van der Waals surface area contributed by atoms with Gasteiger partial charge in [0.05, 0.1) is 22.7 Å². The maximum atomic E-state index is 10.3. The van der Waals surface area contributed by atoms with Gasteiger partial charge in [0.15, 0.2) is 0 Å². The Balaban J connectivity index is 2.18. The third kappa shape index (κ3) is 4.69. The maximum absolute atomic E-state index is 10.3. The third-order valence-corrected chi connectivity index (χ3v) is 4.61. The molecule has 2 rings (SSSR count). The van der Waals surface area contributed by atoms with E-state index in [1.807, 2.05) is 23.7 Å². The van der Waals surface area contributed by atoms with Gasteiger partial charge in [0.2, 0.25) is 0 Å². The van der Waals surface area contributed by atoms with Crippen molar-refractivity contribution in [1.82, 2.24) is 9.88 Å². The van der Waals surface area contributed by atoms with Crippen molar-refractivity contribution in [2.45, 2.75) is 33.7 Å². The van der Waals surface area contributed by atoms with Crippen molar-refractivity contribution in [3.63, 3.8) is 0 Å². The van der Waals surface area contributed by atoms with Gasteiger partial charge in [0, 0.05) is 25.4 Å². The second-order valence-electron chi connectivity index (χ2n) is 5.58. The molecule has 0 spiro atoms. The molecule has 0 aliphatic carbocycles. The first-order valence-corrected chi connectivity index (χ1v) is 8.48. The molecule has 0 aliphatic rings. The van der Waals surface area contributed by atoms with Crippen LogP contribution in [-0.4, -0.2) is 29.8 Å². The summed E-state index contributed by atoms with van der Waals surface area (Å²) in [4.78, 5) is 21.4. The molecular weight excluding hydrogens is 308 g/mol. The van der Waals surface area contributed by atoms with E-state index in [0.29, 0.717) is 0 Å². The highest BCUT2D eigenvalue weighted by atomic mass is 32.1. The van der Waals surface area contributed by atoms with E-state index in [1.165, 1.54) is 11.1 Å². The number of aromatic nitrogens is 1. The predicted octanol–water partition coefficient (Wildman–Crippen LogP) is 4.23. The fourth-order valence-electron chi connectivity index (χ4n) is 2.16. The Bertz CT molecular complexity index is 709. The van der Waals surface area contributed by atoms with Crippen LogP contribution in [-0.2, 0) is 13.0 Å². The lowest BCUT2D eigenvalue weighted by Crippen LogP contribution is -2.14. The molecule has 0 N–H and O–H groups in total. The van der Waals surface area contributed by atoms with E-state index in [0.717, 1.165) is 34.9 Å². The minimum absolute atomic E-state index is 0.146. The van der Waals surface area contributed by atoms with Gasteiger partial charge in [0.25, 0.3) is 0 Å². The second-order valence-corrected chi connectivity index (χ2v) is 6.52. The van der Waals surface area contributed by atoms with E-state index in [4.69, 9.17) is 0 Å². The van der Waals surface area contributed by atoms with E-state index in [-0.39, 0.29) is 6.54 Å². The van der Waals surface area contributed by atoms with Gasteiger partial charge >= 0.3 is 0 Å². The summed E-state index contributed by atoms with van der Waals surface area (Å²) < 4.78 is 0. The summed E-state index contributed by atoms with van der Waals surface area (Å²) in [7, 11) is 2.01. The van der Waals surface area contributed by atoms with Crippen molar-refractivity contribution in [2.75, 3.05) is 13.6 Å². The molecule has 2 aromatic rings. The van der Waals surface area contributed by atoms with Gasteiger partial charge in [-0.3, -0.25) is 0 Å².